The van der Waals surface area contributed by atoms with Crippen LogP contribution in [0.2, 0.25) is 0 Å². The van der Waals surface area contributed by atoms with Crippen LogP contribution in [0.3, 0.4) is 0 Å². The number of aliphatic hydroxyl groups is 1. The summed E-state index contributed by atoms with van der Waals surface area (Å²) in [5.41, 5.74) is 1.32. The maximum absolute atomic E-state index is 14.0. The lowest BCUT2D eigenvalue weighted by Gasteiger charge is -2.19. The molecule has 0 bridgehead atoms. The van der Waals surface area contributed by atoms with Gasteiger partial charge in [0.15, 0.2) is 0 Å². The second kappa shape index (κ2) is 5.82. The van der Waals surface area contributed by atoms with Gasteiger partial charge in [-0.05, 0) is 36.3 Å². The average molecular weight is 277 g/mol. The van der Waals surface area contributed by atoms with Gasteiger partial charge in [-0.15, -0.1) is 0 Å². The van der Waals surface area contributed by atoms with Crippen LogP contribution in [0.4, 0.5) is 4.39 Å². The molecule has 1 aliphatic carbocycles. The first-order valence-corrected chi connectivity index (χ1v) is 7.79. The highest BCUT2D eigenvalue weighted by Gasteiger charge is 2.37. The normalized spacial score (nSPS) is 28.3. The van der Waals surface area contributed by atoms with Crippen LogP contribution in [-0.4, -0.2) is 35.4 Å². The fourth-order valence-corrected chi connectivity index (χ4v) is 3.59. The number of halogens is 1. The lowest BCUT2D eigenvalue weighted by Crippen LogP contribution is -2.32. The van der Waals surface area contributed by atoms with E-state index >= 15 is 0 Å². The Morgan fingerprint density at radius 3 is 2.50 bits per heavy atom. The van der Waals surface area contributed by atoms with E-state index in [1.54, 1.807) is 0 Å². The summed E-state index contributed by atoms with van der Waals surface area (Å²) in [5.74, 6) is 0.753. The van der Waals surface area contributed by atoms with E-state index in [4.69, 9.17) is 5.11 Å². The van der Waals surface area contributed by atoms with Crippen LogP contribution in [0.1, 0.15) is 49.1 Å². The van der Waals surface area contributed by atoms with Gasteiger partial charge in [0.25, 0.3) is 0 Å². The van der Waals surface area contributed by atoms with Crippen LogP contribution in [0.25, 0.3) is 0 Å². The highest BCUT2D eigenvalue weighted by molar-refractivity contribution is 5.26. The lowest BCUT2D eigenvalue weighted by molar-refractivity contribution is 0.0769. The molecule has 1 atom stereocenters. The Labute approximate surface area is 120 Å². The van der Waals surface area contributed by atoms with Crippen molar-refractivity contribution in [3.63, 3.8) is 0 Å². The van der Waals surface area contributed by atoms with Gasteiger partial charge in [0, 0.05) is 19.6 Å². The average Bonchev–Trinajstić information content (AvgIpc) is 3.11. The standard InChI is InChI=1S/C17H24FNO/c18-17(13-20)9-10-19(12-17)11-14-5-7-16(8-6-14)15-3-1-2-4-15/h5-8,15,20H,1-4,9-13H2. The third-order valence-electron chi connectivity index (χ3n) is 4.88. The van der Waals surface area contributed by atoms with Gasteiger partial charge in [0.2, 0.25) is 0 Å². The van der Waals surface area contributed by atoms with Crippen molar-refractivity contribution in [1.29, 1.82) is 0 Å². The molecule has 3 heteroatoms. The molecule has 2 nitrogen and oxygen atoms in total. The molecule has 1 saturated carbocycles. The summed E-state index contributed by atoms with van der Waals surface area (Å²) in [4.78, 5) is 2.10. The second-order valence-electron chi connectivity index (χ2n) is 6.49. The largest absolute Gasteiger partial charge is 0.393 e. The summed E-state index contributed by atoms with van der Waals surface area (Å²) in [6.45, 7) is 1.52. The van der Waals surface area contributed by atoms with E-state index in [-0.39, 0.29) is 6.61 Å². The first kappa shape index (κ1) is 14.0. The first-order chi connectivity index (χ1) is 9.68. The summed E-state index contributed by atoms with van der Waals surface area (Å²) < 4.78 is 14.0. The Balaban J connectivity index is 1.58. The van der Waals surface area contributed by atoms with Crippen molar-refractivity contribution in [3.8, 4) is 0 Å². The predicted molar refractivity (Wildman–Crippen MR) is 78.5 cm³/mol. The molecule has 2 fully saturated rings. The summed E-state index contributed by atoms with van der Waals surface area (Å²) in [5, 5.41) is 9.07. The van der Waals surface area contributed by atoms with Gasteiger partial charge < -0.3 is 5.11 Å². The van der Waals surface area contributed by atoms with Crippen molar-refractivity contribution in [3.05, 3.63) is 35.4 Å². The molecule has 110 valence electrons. The van der Waals surface area contributed by atoms with Crippen LogP contribution in [0, 0.1) is 0 Å². The molecule has 20 heavy (non-hydrogen) atoms. The number of nitrogens with zero attached hydrogens (tertiary/aromatic N) is 1. The molecule has 1 unspecified atom stereocenters. The van der Waals surface area contributed by atoms with Crippen molar-refractivity contribution in [2.75, 3.05) is 19.7 Å². The quantitative estimate of drug-likeness (QED) is 0.913. The maximum Gasteiger partial charge on any atom is 0.147 e. The molecule has 0 amide bonds. The van der Waals surface area contributed by atoms with Gasteiger partial charge >= 0.3 is 0 Å². The molecule has 2 aliphatic rings. The fraction of sp³-hybridized carbons (Fsp3) is 0.647. The zero-order valence-electron chi connectivity index (χ0n) is 12.0. The highest BCUT2D eigenvalue weighted by Crippen LogP contribution is 2.34. The molecule has 1 saturated heterocycles. The molecule has 1 aromatic carbocycles. The predicted octanol–water partition coefficient (Wildman–Crippen LogP) is 3.25. The summed E-state index contributed by atoms with van der Waals surface area (Å²) in [6.07, 6.45) is 5.82. The number of hydrogen-bond donors (Lipinski definition) is 1. The van der Waals surface area contributed by atoms with E-state index < -0.39 is 5.67 Å². The van der Waals surface area contributed by atoms with Gasteiger partial charge in [0.05, 0.1) is 6.61 Å². The zero-order valence-corrected chi connectivity index (χ0v) is 12.0. The molecule has 0 aromatic heterocycles. The number of aliphatic hydroxyl groups excluding tert-OH is 1. The number of benzene rings is 1. The van der Waals surface area contributed by atoms with Crippen molar-refractivity contribution >= 4 is 0 Å². The Hall–Kier alpha value is -0.930. The molecule has 1 aromatic rings. The SMILES string of the molecule is OCC1(F)CCN(Cc2ccc(C3CCCC3)cc2)C1. The number of rotatable bonds is 4. The summed E-state index contributed by atoms with van der Waals surface area (Å²) in [6, 6.07) is 8.86. The van der Waals surface area contributed by atoms with Crippen molar-refractivity contribution in [1.82, 2.24) is 4.90 Å². The van der Waals surface area contributed by atoms with E-state index in [2.05, 4.69) is 29.2 Å². The van der Waals surface area contributed by atoms with Gasteiger partial charge in [0.1, 0.15) is 5.67 Å². The number of hydrogen-bond acceptors (Lipinski definition) is 2. The molecule has 0 spiro atoms. The van der Waals surface area contributed by atoms with Crippen LogP contribution in [0.5, 0.6) is 0 Å². The molecule has 1 N–H and O–H groups in total. The van der Waals surface area contributed by atoms with Crippen LogP contribution in [-0.2, 0) is 6.54 Å². The minimum Gasteiger partial charge on any atom is -0.393 e. The van der Waals surface area contributed by atoms with Crippen LogP contribution in [0.15, 0.2) is 24.3 Å². The van der Waals surface area contributed by atoms with Gasteiger partial charge in [-0.1, -0.05) is 37.1 Å². The van der Waals surface area contributed by atoms with Gasteiger partial charge in [-0.3, -0.25) is 4.90 Å². The molecular formula is C17H24FNO. The van der Waals surface area contributed by atoms with E-state index in [0.29, 0.717) is 13.0 Å². The van der Waals surface area contributed by atoms with E-state index in [1.165, 1.54) is 36.8 Å². The molecule has 0 radical (unpaired) electrons. The Bertz CT molecular complexity index is 441. The Morgan fingerprint density at radius 1 is 1.20 bits per heavy atom. The molecule has 3 rings (SSSR count). The summed E-state index contributed by atoms with van der Waals surface area (Å²) >= 11 is 0. The molecule has 1 aliphatic heterocycles. The van der Waals surface area contributed by atoms with E-state index in [0.717, 1.165) is 19.0 Å². The van der Waals surface area contributed by atoms with Crippen molar-refractivity contribution in [2.45, 2.75) is 50.2 Å². The highest BCUT2D eigenvalue weighted by atomic mass is 19.1. The van der Waals surface area contributed by atoms with Crippen molar-refractivity contribution in [2.24, 2.45) is 0 Å². The fourth-order valence-electron chi connectivity index (χ4n) is 3.59. The van der Waals surface area contributed by atoms with Crippen LogP contribution >= 0.6 is 0 Å². The molecule has 1 heterocycles. The topological polar surface area (TPSA) is 23.5 Å². The minimum atomic E-state index is -1.39. The van der Waals surface area contributed by atoms with Gasteiger partial charge in [-0.25, -0.2) is 4.39 Å². The molecular weight excluding hydrogens is 253 g/mol. The first-order valence-electron chi connectivity index (χ1n) is 7.79. The van der Waals surface area contributed by atoms with Crippen molar-refractivity contribution < 1.29 is 9.50 Å². The third kappa shape index (κ3) is 3.04. The Kier molecular flexibility index (Phi) is 4.08. The van der Waals surface area contributed by atoms with Gasteiger partial charge in [-0.2, -0.15) is 0 Å². The monoisotopic (exact) mass is 277 g/mol. The maximum atomic E-state index is 14.0. The van der Waals surface area contributed by atoms with Crippen LogP contribution < -0.4 is 0 Å². The zero-order chi connectivity index (χ0) is 14.0. The second-order valence-corrected chi connectivity index (χ2v) is 6.49. The smallest absolute Gasteiger partial charge is 0.147 e. The van der Waals surface area contributed by atoms with E-state index in [9.17, 15) is 4.39 Å². The van der Waals surface area contributed by atoms with E-state index in [1.807, 2.05) is 0 Å². The number of likely N-dealkylation sites (tertiary alicyclic amines) is 1. The Morgan fingerprint density at radius 2 is 1.90 bits per heavy atom. The third-order valence-corrected chi connectivity index (χ3v) is 4.88. The minimum absolute atomic E-state index is 0.355. The summed E-state index contributed by atoms with van der Waals surface area (Å²) in [7, 11) is 0. The lowest BCUT2D eigenvalue weighted by atomic mass is 9.97. The number of alkyl halides is 1.